The lowest BCUT2D eigenvalue weighted by Crippen LogP contribution is -2.31. The highest BCUT2D eigenvalue weighted by Crippen LogP contribution is 2.16. The normalized spacial score (nSPS) is 11.7. The average molecular weight is 379 g/mol. The fourth-order valence-corrected chi connectivity index (χ4v) is 2.67. The minimum absolute atomic E-state index is 0.186. The van der Waals surface area contributed by atoms with E-state index in [1.54, 1.807) is 24.3 Å². The predicted molar refractivity (Wildman–Crippen MR) is 102 cm³/mol. The fraction of sp³-hybridized carbons (Fsp3) is 0.250. The van der Waals surface area contributed by atoms with Crippen molar-refractivity contribution in [1.82, 2.24) is 25.5 Å². The van der Waals surface area contributed by atoms with Crippen molar-refractivity contribution in [2.75, 3.05) is 6.61 Å². The third-order valence-electron chi connectivity index (χ3n) is 4.44. The molecule has 0 aliphatic rings. The maximum absolute atomic E-state index is 12.2. The molecule has 1 N–H and O–H groups in total. The molecule has 28 heavy (non-hydrogen) atoms. The summed E-state index contributed by atoms with van der Waals surface area (Å²) >= 11 is 0. The zero-order valence-corrected chi connectivity index (χ0v) is 15.9. The third kappa shape index (κ3) is 4.59. The number of hydrogen-bond donors (Lipinski definition) is 1. The maximum atomic E-state index is 12.2. The van der Waals surface area contributed by atoms with Crippen molar-refractivity contribution >= 4 is 11.9 Å². The Bertz CT molecular complexity index is 985. The minimum Gasteiger partial charge on any atom is -0.452 e. The van der Waals surface area contributed by atoms with Crippen LogP contribution in [0, 0.1) is 13.8 Å². The number of nitrogens with zero attached hydrogens (tertiary/aromatic N) is 4. The molecule has 144 valence electrons. The zero-order valence-electron chi connectivity index (χ0n) is 15.9. The van der Waals surface area contributed by atoms with E-state index in [1.165, 1.54) is 16.6 Å². The van der Waals surface area contributed by atoms with Crippen LogP contribution in [0.3, 0.4) is 0 Å². The van der Waals surface area contributed by atoms with Crippen LogP contribution < -0.4 is 5.32 Å². The van der Waals surface area contributed by atoms with Crippen molar-refractivity contribution in [3.63, 3.8) is 0 Å². The van der Waals surface area contributed by atoms with Gasteiger partial charge in [0.05, 0.1) is 17.3 Å². The SMILES string of the molecule is Cc1ccc(C(C)NC(=O)COC(=O)c2cccc(-n3cnnn3)c2)cc1C. The molecule has 0 spiro atoms. The number of esters is 1. The summed E-state index contributed by atoms with van der Waals surface area (Å²) in [6, 6.07) is 12.5. The molecule has 2 aromatic carbocycles. The van der Waals surface area contributed by atoms with Crippen molar-refractivity contribution in [3.8, 4) is 5.69 Å². The summed E-state index contributed by atoms with van der Waals surface area (Å²) in [6.45, 7) is 5.59. The van der Waals surface area contributed by atoms with E-state index in [-0.39, 0.29) is 18.6 Å². The number of tetrazole rings is 1. The summed E-state index contributed by atoms with van der Waals surface area (Å²) in [6.07, 6.45) is 1.42. The molecule has 1 amide bonds. The average Bonchev–Trinajstić information content (AvgIpc) is 3.23. The highest BCUT2D eigenvalue weighted by atomic mass is 16.5. The number of rotatable bonds is 6. The minimum atomic E-state index is -0.594. The van der Waals surface area contributed by atoms with Crippen molar-refractivity contribution in [1.29, 1.82) is 0 Å². The third-order valence-corrected chi connectivity index (χ3v) is 4.44. The number of aromatic nitrogens is 4. The number of amides is 1. The largest absolute Gasteiger partial charge is 0.452 e. The van der Waals surface area contributed by atoms with Gasteiger partial charge in [-0.05, 0) is 66.1 Å². The molecule has 3 aromatic rings. The van der Waals surface area contributed by atoms with Crippen LogP contribution in [0.15, 0.2) is 48.8 Å². The van der Waals surface area contributed by atoms with Gasteiger partial charge in [0.1, 0.15) is 6.33 Å². The Balaban J connectivity index is 1.56. The van der Waals surface area contributed by atoms with Gasteiger partial charge in [0.15, 0.2) is 6.61 Å². The fourth-order valence-electron chi connectivity index (χ4n) is 2.67. The smallest absolute Gasteiger partial charge is 0.338 e. The topological polar surface area (TPSA) is 99.0 Å². The first-order chi connectivity index (χ1) is 13.4. The van der Waals surface area contributed by atoms with Crippen LogP contribution in [0.25, 0.3) is 5.69 Å². The number of carbonyl (C=O) groups is 2. The van der Waals surface area contributed by atoms with Gasteiger partial charge in [-0.2, -0.15) is 0 Å². The molecular formula is C20H21N5O3. The summed E-state index contributed by atoms with van der Waals surface area (Å²) in [5.74, 6) is -0.959. The van der Waals surface area contributed by atoms with E-state index in [1.807, 2.05) is 39.0 Å². The van der Waals surface area contributed by atoms with Crippen LogP contribution in [-0.4, -0.2) is 38.7 Å². The molecule has 0 fully saturated rings. The van der Waals surface area contributed by atoms with Gasteiger partial charge in [0.25, 0.3) is 5.91 Å². The highest BCUT2D eigenvalue weighted by molar-refractivity contribution is 5.91. The Hall–Kier alpha value is -3.55. The van der Waals surface area contributed by atoms with Crippen LogP contribution in [0.1, 0.15) is 40.0 Å². The molecule has 0 aliphatic heterocycles. The van der Waals surface area contributed by atoms with Gasteiger partial charge in [-0.1, -0.05) is 24.3 Å². The molecule has 0 saturated carbocycles. The van der Waals surface area contributed by atoms with Crippen molar-refractivity contribution in [3.05, 3.63) is 71.0 Å². The number of nitrogens with one attached hydrogen (secondary N) is 1. The van der Waals surface area contributed by atoms with E-state index in [0.29, 0.717) is 11.3 Å². The number of benzene rings is 2. The van der Waals surface area contributed by atoms with Crippen LogP contribution in [0.5, 0.6) is 0 Å². The van der Waals surface area contributed by atoms with Crippen molar-refractivity contribution in [2.45, 2.75) is 26.8 Å². The molecular weight excluding hydrogens is 358 g/mol. The summed E-state index contributed by atoms with van der Waals surface area (Å²) in [5.41, 5.74) is 4.28. The van der Waals surface area contributed by atoms with Gasteiger partial charge in [-0.25, -0.2) is 9.48 Å². The lowest BCUT2D eigenvalue weighted by molar-refractivity contribution is -0.124. The monoisotopic (exact) mass is 379 g/mol. The molecule has 1 unspecified atom stereocenters. The second-order valence-corrected chi connectivity index (χ2v) is 6.51. The van der Waals surface area contributed by atoms with E-state index < -0.39 is 5.97 Å². The van der Waals surface area contributed by atoms with Gasteiger partial charge in [0.2, 0.25) is 0 Å². The van der Waals surface area contributed by atoms with E-state index in [0.717, 1.165) is 11.1 Å². The summed E-state index contributed by atoms with van der Waals surface area (Å²) in [4.78, 5) is 24.4. The first kappa shape index (κ1) is 19.2. The van der Waals surface area contributed by atoms with Crippen LogP contribution >= 0.6 is 0 Å². The Morgan fingerprint density at radius 2 is 1.96 bits per heavy atom. The van der Waals surface area contributed by atoms with E-state index >= 15 is 0 Å². The number of aryl methyl sites for hydroxylation is 2. The molecule has 0 aliphatic carbocycles. The predicted octanol–water partition coefficient (Wildman–Crippen LogP) is 2.31. The van der Waals surface area contributed by atoms with E-state index in [4.69, 9.17) is 4.74 Å². The molecule has 3 rings (SSSR count). The highest BCUT2D eigenvalue weighted by Gasteiger charge is 2.14. The number of ether oxygens (including phenoxy) is 1. The quantitative estimate of drug-likeness (QED) is 0.660. The first-order valence-corrected chi connectivity index (χ1v) is 8.81. The van der Waals surface area contributed by atoms with Crippen LogP contribution in [0.4, 0.5) is 0 Å². The van der Waals surface area contributed by atoms with E-state index in [2.05, 4.69) is 20.8 Å². The Kier molecular flexibility index (Phi) is 5.78. The number of carbonyl (C=O) groups excluding carboxylic acids is 2. The zero-order chi connectivity index (χ0) is 20.1. The Morgan fingerprint density at radius 1 is 1.14 bits per heavy atom. The lowest BCUT2D eigenvalue weighted by atomic mass is 10.0. The summed E-state index contributed by atoms with van der Waals surface area (Å²) in [7, 11) is 0. The van der Waals surface area contributed by atoms with Gasteiger partial charge >= 0.3 is 5.97 Å². The number of hydrogen-bond acceptors (Lipinski definition) is 6. The van der Waals surface area contributed by atoms with Gasteiger partial charge in [-0.3, -0.25) is 4.79 Å². The summed E-state index contributed by atoms with van der Waals surface area (Å²) in [5, 5.41) is 13.7. The van der Waals surface area contributed by atoms with Gasteiger partial charge in [0, 0.05) is 0 Å². The Morgan fingerprint density at radius 3 is 2.68 bits per heavy atom. The molecule has 0 bridgehead atoms. The lowest BCUT2D eigenvalue weighted by Gasteiger charge is -2.16. The van der Waals surface area contributed by atoms with Gasteiger partial charge < -0.3 is 10.1 Å². The second-order valence-electron chi connectivity index (χ2n) is 6.51. The van der Waals surface area contributed by atoms with Gasteiger partial charge in [-0.15, -0.1) is 5.10 Å². The molecule has 0 radical (unpaired) electrons. The van der Waals surface area contributed by atoms with Crippen LogP contribution in [-0.2, 0) is 9.53 Å². The summed E-state index contributed by atoms with van der Waals surface area (Å²) < 4.78 is 6.56. The van der Waals surface area contributed by atoms with Crippen molar-refractivity contribution < 1.29 is 14.3 Å². The Labute approximate surface area is 162 Å². The van der Waals surface area contributed by atoms with Crippen LogP contribution in [0.2, 0.25) is 0 Å². The maximum Gasteiger partial charge on any atom is 0.338 e. The molecule has 1 heterocycles. The molecule has 8 nitrogen and oxygen atoms in total. The molecule has 8 heteroatoms. The van der Waals surface area contributed by atoms with Crippen molar-refractivity contribution in [2.24, 2.45) is 0 Å². The molecule has 0 saturated heterocycles. The second kappa shape index (κ2) is 8.43. The van der Waals surface area contributed by atoms with E-state index in [9.17, 15) is 9.59 Å². The molecule has 1 aromatic heterocycles. The first-order valence-electron chi connectivity index (χ1n) is 8.81. The standard InChI is InChI=1S/C20H21N5O3/c1-13-7-8-16(9-14(13)2)15(3)22-19(26)11-28-20(27)17-5-4-6-18(10-17)25-12-21-23-24-25/h4-10,12,15H,11H2,1-3H3,(H,22,26). The molecule has 1 atom stereocenters.